The molecule has 0 radical (unpaired) electrons. The normalized spacial score (nSPS) is 11.4. The average molecular weight is 314 g/mol. The third-order valence-corrected chi connectivity index (χ3v) is 3.40. The van der Waals surface area contributed by atoms with Crippen molar-refractivity contribution in [3.05, 3.63) is 64.9 Å². The van der Waals surface area contributed by atoms with Crippen molar-refractivity contribution in [1.82, 2.24) is 10.2 Å². The minimum atomic E-state index is -1.11. The topological polar surface area (TPSA) is 66.0 Å². The molecule has 0 saturated heterocycles. The summed E-state index contributed by atoms with van der Waals surface area (Å²) >= 11 is 0. The van der Waals surface area contributed by atoms with Gasteiger partial charge in [0.25, 0.3) is 0 Å². The average Bonchev–Trinajstić information content (AvgIpc) is 2.92. The molecule has 0 amide bonds. The minimum absolute atomic E-state index is 0.0896. The van der Waals surface area contributed by atoms with Gasteiger partial charge in [-0.05, 0) is 35.4 Å². The standard InChI is InChI=1S/C17H12F2N2O2/c18-12-3-1-2-10(8-12)4-6-13-16-14(21-20-13)7-5-11(17(16)19)9-15(22)23/h1-8H,9H2,(H,20,21)(H,22,23)/b6-4+. The van der Waals surface area contributed by atoms with Gasteiger partial charge in [-0.15, -0.1) is 0 Å². The summed E-state index contributed by atoms with van der Waals surface area (Å²) in [6.07, 6.45) is 2.77. The van der Waals surface area contributed by atoms with E-state index < -0.39 is 18.2 Å². The Labute approximate surface area is 130 Å². The Morgan fingerprint density at radius 3 is 2.78 bits per heavy atom. The predicted octanol–water partition coefficient (Wildman–Crippen LogP) is 3.64. The maximum absolute atomic E-state index is 14.5. The lowest BCUT2D eigenvalue weighted by molar-refractivity contribution is -0.136. The minimum Gasteiger partial charge on any atom is -0.481 e. The van der Waals surface area contributed by atoms with Crippen molar-refractivity contribution in [3.8, 4) is 0 Å². The second-order valence-electron chi connectivity index (χ2n) is 5.03. The quantitative estimate of drug-likeness (QED) is 0.772. The highest BCUT2D eigenvalue weighted by atomic mass is 19.1. The molecule has 0 bridgehead atoms. The molecule has 1 heterocycles. The molecule has 0 aliphatic heterocycles. The summed E-state index contributed by atoms with van der Waals surface area (Å²) in [5, 5.41) is 15.8. The van der Waals surface area contributed by atoms with Crippen molar-refractivity contribution < 1.29 is 18.7 Å². The van der Waals surface area contributed by atoms with Gasteiger partial charge in [-0.25, -0.2) is 8.78 Å². The van der Waals surface area contributed by atoms with E-state index in [9.17, 15) is 13.6 Å². The third-order valence-electron chi connectivity index (χ3n) is 3.40. The number of hydrogen-bond acceptors (Lipinski definition) is 2. The number of carboxylic acids is 1. The fourth-order valence-corrected chi connectivity index (χ4v) is 2.34. The first-order chi connectivity index (χ1) is 11.0. The Morgan fingerprint density at radius 2 is 2.04 bits per heavy atom. The number of carboxylic acid groups (broad SMARTS) is 1. The number of nitrogens with zero attached hydrogens (tertiary/aromatic N) is 1. The first kappa shape index (κ1) is 14.9. The van der Waals surface area contributed by atoms with Gasteiger partial charge >= 0.3 is 5.97 Å². The van der Waals surface area contributed by atoms with Crippen molar-refractivity contribution in [2.75, 3.05) is 0 Å². The molecule has 2 N–H and O–H groups in total. The van der Waals surface area contributed by atoms with Gasteiger partial charge in [0.05, 0.1) is 23.0 Å². The number of aliphatic carboxylic acids is 1. The highest BCUT2D eigenvalue weighted by Gasteiger charge is 2.14. The summed E-state index contributed by atoms with van der Waals surface area (Å²) in [4.78, 5) is 10.8. The van der Waals surface area contributed by atoms with Gasteiger partial charge in [0.15, 0.2) is 0 Å². The Kier molecular flexibility index (Phi) is 3.89. The number of hydrogen-bond donors (Lipinski definition) is 2. The monoisotopic (exact) mass is 314 g/mol. The molecule has 0 aliphatic rings. The van der Waals surface area contributed by atoms with E-state index >= 15 is 0 Å². The number of aromatic amines is 1. The Balaban J connectivity index is 2.02. The zero-order valence-electron chi connectivity index (χ0n) is 11.9. The van der Waals surface area contributed by atoms with E-state index in [4.69, 9.17) is 5.11 Å². The van der Waals surface area contributed by atoms with Gasteiger partial charge < -0.3 is 5.11 Å². The number of H-pyrrole nitrogens is 1. The van der Waals surface area contributed by atoms with Crippen molar-refractivity contribution in [3.63, 3.8) is 0 Å². The second kappa shape index (κ2) is 6.00. The van der Waals surface area contributed by atoms with Crippen LogP contribution in [0.15, 0.2) is 36.4 Å². The first-order valence-corrected chi connectivity index (χ1v) is 6.85. The molecule has 3 aromatic rings. The second-order valence-corrected chi connectivity index (χ2v) is 5.03. The van der Waals surface area contributed by atoms with Crippen LogP contribution in [-0.2, 0) is 11.2 Å². The van der Waals surface area contributed by atoms with Crippen molar-refractivity contribution in [1.29, 1.82) is 0 Å². The maximum Gasteiger partial charge on any atom is 0.307 e. The molecule has 0 aliphatic carbocycles. The number of nitrogens with one attached hydrogen (secondary N) is 1. The van der Waals surface area contributed by atoms with Gasteiger partial charge in [0, 0.05) is 0 Å². The molecular weight excluding hydrogens is 302 g/mol. The van der Waals surface area contributed by atoms with Crippen LogP contribution >= 0.6 is 0 Å². The molecule has 4 nitrogen and oxygen atoms in total. The van der Waals surface area contributed by atoms with Crippen LogP contribution in [0.5, 0.6) is 0 Å². The van der Waals surface area contributed by atoms with Crippen LogP contribution in [-0.4, -0.2) is 21.3 Å². The van der Waals surface area contributed by atoms with E-state index in [1.54, 1.807) is 30.4 Å². The predicted molar refractivity (Wildman–Crippen MR) is 82.7 cm³/mol. The highest BCUT2D eigenvalue weighted by Crippen LogP contribution is 2.24. The maximum atomic E-state index is 14.5. The molecule has 116 valence electrons. The summed E-state index contributed by atoms with van der Waals surface area (Å²) in [6.45, 7) is 0. The smallest absolute Gasteiger partial charge is 0.307 e. The molecule has 0 fully saturated rings. The number of fused-ring (bicyclic) bond motifs is 1. The number of benzene rings is 2. The van der Waals surface area contributed by atoms with Crippen LogP contribution in [0.2, 0.25) is 0 Å². The lowest BCUT2D eigenvalue weighted by atomic mass is 10.1. The van der Waals surface area contributed by atoms with Crippen molar-refractivity contribution >= 4 is 29.0 Å². The third kappa shape index (κ3) is 3.11. The molecule has 0 atom stereocenters. The van der Waals surface area contributed by atoms with Crippen molar-refractivity contribution in [2.45, 2.75) is 6.42 Å². The van der Waals surface area contributed by atoms with Crippen LogP contribution in [0.4, 0.5) is 8.78 Å². The molecule has 0 unspecified atom stereocenters. The summed E-state index contributed by atoms with van der Waals surface area (Å²) in [5.41, 5.74) is 1.50. The fraction of sp³-hybridized carbons (Fsp3) is 0.0588. The summed E-state index contributed by atoms with van der Waals surface area (Å²) in [7, 11) is 0. The van der Waals surface area contributed by atoms with Crippen molar-refractivity contribution in [2.24, 2.45) is 0 Å². The van der Waals surface area contributed by atoms with Gasteiger partial charge in [0.1, 0.15) is 11.6 Å². The molecule has 23 heavy (non-hydrogen) atoms. The van der Waals surface area contributed by atoms with Gasteiger partial charge in [0.2, 0.25) is 0 Å². The molecular formula is C17H12F2N2O2. The highest BCUT2D eigenvalue weighted by molar-refractivity contribution is 5.91. The van der Waals surface area contributed by atoms with Gasteiger partial charge in [-0.1, -0.05) is 24.3 Å². The molecule has 0 spiro atoms. The zero-order valence-corrected chi connectivity index (χ0v) is 11.9. The van der Waals surface area contributed by atoms with E-state index in [2.05, 4.69) is 10.2 Å². The first-order valence-electron chi connectivity index (χ1n) is 6.85. The summed E-state index contributed by atoms with van der Waals surface area (Å²) < 4.78 is 27.6. The molecule has 1 aromatic heterocycles. The Bertz CT molecular complexity index is 916. The largest absolute Gasteiger partial charge is 0.481 e. The van der Waals surface area contributed by atoms with Crippen LogP contribution in [0, 0.1) is 11.6 Å². The lowest BCUT2D eigenvalue weighted by Gasteiger charge is -2.01. The number of carbonyl (C=O) groups is 1. The van der Waals surface area contributed by atoms with Crippen LogP contribution in [0.1, 0.15) is 16.8 Å². The van der Waals surface area contributed by atoms with E-state index in [1.807, 2.05) is 0 Å². The zero-order chi connectivity index (χ0) is 16.4. The van der Waals surface area contributed by atoms with Crippen LogP contribution in [0.25, 0.3) is 23.1 Å². The molecule has 0 saturated carbocycles. The van der Waals surface area contributed by atoms with E-state index in [-0.39, 0.29) is 16.8 Å². The number of aromatic nitrogens is 2. The fourth-order valence-electron chi connectivity index (χ4n) is 2.34. The Hall–Kier alpha value is -3.02. The molecule has 3 rings (SSSR count). The number of rotatable bonds is 4. The summed E-state index contributed by atoms with van der Waals surface area (Å²) in [6, 6.07) is 8.97. The SMILES string of the molecule is O=C(O)Cc1ccc2[nH]nc(/C=C/c3cccc(F)c3)c2c1F. The number of halogens is 2. The van der Waals surface area contributed by atoms with Crippen LogP contribution in [0.3, 0.4) is 0 Å². The van der Waals surface area contributed by atoms with E-state index in [0.29, 0.717) is 16.8 Å². The van der Waals surface area contributed by atoms with Crippen LogP contribution < -0.4 is 0 Å². The van der Waals surface area contributed by atoms with E-state index in [0.717, 1.165) is 0 Å². The Morgan fingerprint density at radius 1 is 1.22 bits per heavy atom. The summed E-state index contributed by atoms with van der Waals surface area (Å²) in [5.74, 6) is -2.09. The van der Waals surface area contributed by atoms with Gasteiger partial charge in [-0.2, -0.15) is 5.10 Å². The molecule has 2 aromatic carbocycles. The molecule has 6 heteroatoms. The van der Waals surface area contributed by atoms with E-state index in [1.165, 1.54) is 18.2 Å². The lowest BCUT2D eigenvalue weighted by Crippen LogP contribution is -2.02. The van der Waals surface area contributed by atoms with Gasteiger partial charge in [-0.3, -0.25) is 9.89 Å².